The summed E-state index contributed by atoms with van der Waals surface area (Å²) in [6, 6.07) is 11.5. The molecule has 0 aromatic heterocycles. The van der Waals surface area contributed by atoms with Crippen LogP contribution in [0.1, 0.15) is 37.7 Å². The van der Waals surface area contributed by atoms with Gasteiger partial charge in [0.25, 0.3) is 0 Å². The normalized spacial score (nSPS) is 36.7. The zero-order valence-electron chi connectivity index (χ0n) is 13.2. The van der Waals surface area contributed by atoms with Crippen LogP contribution in [0.5, 0.6) is 0 Å². The van der Waals surface area contributed by atoms with E-state index in [1.165, 1.54) is 37.7 Å². The summed E-state index contributed by atoms with van der Waals surface area (Å²) in [6.45, 7) is 1.93. The van der Waals surface area contributed by atoms with Gasteiger partial charge in [0.1, 0.15) is 0 Å². The Morgan fingerprint density at radius 3 is 2.82 bits per heavy atom. The maximum atomic E-state index is 6.48. The largest absolute Gasteiger partial charge is 0.353 e. The fraction of sp³-hybridized carbons (Fsp3) is 0.667. The number of ether oxygens (including phenoxy) is 1. The van der Waals surface area contributed by atoms with Crippen LogP contribution in [0.3, 0.4) is 0 Å². The molecule has 2 aliphatic heterocycles. The highest BCUT2D eigenvalue weighted by molar-refractivity contribution is 7.99. The lowest BCUT2D eigenvalue weighted by molar-refractivity contribution is -0.209. The smallest absolute Gasteiger partial charge is 0.169 e. The van der Waals surface area contributed by atoms with Crippen molar-refractivity contribution in [3.05, 3.63) is 35.9 Å². The zero-order chi connectivity index (χ0) is 14.8. The first kappa shape index (κ1) is 15.0. The number of hydrogen-bond donors (Lipinski definition) is 1. The molecule has 3 aliphatic rings. The van der Waals surface area contributed by atoms with E-state index in [4.69, 9.17) is 4.74 Å². The number of fused-ring (bicyclic) bond motifs is 1. The van der Waals surface area contributed by atoms with Crippen LogP contribution in [0.4, 0.5) is 0 Å². The van der Waals surface area contributed by atoms with Crippen molar-refractivity contribution in [1.82, 2.24) is 10.4 Å². The third-order valence-corrected chi connectivity index (χ3v) is 6.53. The topological polar surface area (TPSA) is 24.5 Å². The highest BCUT2D eigenvalue weighted by atomic mass is 32.2. The van der Waals surface area contributed by atoms with Crippen LogP contribution in [0.25, 0.3) is 0 Å². The molecule has 2 heterocycles. The molecule has 0 bridgehead atoms. The van der Waals surface area contributed by atoms with Crippen molar-refractivity contribution in [2.75, 3.05) is 24.7 Å². The number of nitrogens with zero attached hydrogens (tertiary/aromatic N) is 1. The molecule has 1 aliphatic carbocycles. The molecule has 22 heavy (non-hydrogen) atoms. The molecule has 0 spiro atoms. The Morgan fingerprint density at radius 2 is 2.00 bits per heavy atom. The Kier molecular flexibility index (Phi) is 4.45. The fourth-order valence-corrected chi connectivity index (χ4v) is 5.42. The highest BCUT2D eigenvalue weighted by Crippen LogP contribution is 2.43. The molecule has 0 radical (unpaired) electrons. The van der Waals surface area contributed by atoms with Gasteiger partial charge in [-0.2, -0.15) is 11.8 Å². The van der Waals surface area contributed by atoms with E-state index >= 15 is 0 Å². The Hall–Kier alpha value is -0.550. The fourth-order valence-electron chi connectivity index (χ4n) is 4.41. The van der Waals surface area contributed by atoms with E-state index in [2.05, 4.69) is 40.8 Å². The lowest BCUT2D eigenvalue weighted by atomic mass is 9.80. The first-order chi connectivity index (χ1) is 10.9. The van der Waals surface area contributed by atoms with Gasteiger partial charge in [-0.05, 0) is 25.2 Å². The van der Waals surface area contributed by atoms with Gasteiger partial charge in [0.05, 0.1) is 6.61 Å². The number of hydrazine groups is 1. The SMILES string of the molecule is c1ccc(C2(N3NCCC4CCCCC43)CSCCO2)cc1. The molecule has 3 nitrogen and oxygen atoms in total. The van der Waals surface area contributed by atoms with Gasteiger partial charge in [-0.25, -0.2) is 5.01 Å². The maximum Gasteiger partial charge on any atom is 0.169 e. The lowest BCUT2D eigenvalue weighted by Gasteiger charge is -2.54. The minimum Gasteiger partial charge on any atom is -0.353 e. The van der Waals surface area contributed by atoms with Crippen molar-refractivity contribution in [2.45, 2.75) is 43.9 Å². The van der Waals surface area contributed by atoms with Crippen molar-refractivity contribution in [3.8, 4) is 0 Å². The van der Waals surface area contributed by atoms with Gasteiger partial charge in [0.15, 0.2) is 5.72 Å². The van der Waals surface area contributed by atoms with Gasteiger partial charge >= 0.3 is 0 Å². The molecular weight excluding hydrogens is 292 g/mol. The molecule has 1 saturated carbocycles. The minimum atomic E-state index is -0.287. The second-order valence-electron chi connectivity index (χ2n) is 6.73. The van der Waals surface area contributed by atoms with Gasteiger partial charge in [0, 0.05) is 29.7 Å². The summed E-state index contributed by atoms with van der Waals surface area (Å²) in [4.78, 5) is 0. The summed E-state index contributed by atoms with van der Waals surface area (Å²) >= 11 is 2.02. The van der Waals surface area contributed by atoms with E-state index in [9.17, 15) is 0 Å². The molecule has 120 valence electrons. The van der Waals surface area contributed by atoms with Crippen LogP contribution in [0, 0.1) is 5.92 Å². The number of hydrogen-bond acceptors (Lipinski definition) is 4. The second kappa shape index (κ2) is 6.52. The van der Waals surface area contributed by atoms with Crippen molar-refractivity contribution in [1.29, 1.82) is 0 Å². The standard InChI is InChI=1S/C18H26N2OS/c1-2-7-16(8-3-1)18(14-22-13-12-21-18)20-17-9-5-4-6-15(17)10-11-19-20/h1-3,7-8,15,17,19H,4-6,9-14H2. The number of thioether (sulfide) groups is 1. The summed E-state index contributed by atoms with van der Waals surface area (Å²) in [6.07, 6.45) is 6.78. The van der Waals surface area contributed by atoms with E-state index in [0.29, 0.717) is 6.04 Å². The van der Waals surface area contributed by atoms with Crippen molar-refractivity contribution >= 4 is 11.8 Å². The predicted molar refractivity (Wildman–Crippen MR) is 91.6 cm³/mol. The monoisotopic (exact) mass is 318 g/mol. The molecule has 1 aromatic rings. The number of benzene rings is 1. The summed E-state index contributed by atoms with van der Waals surface area (Å²) in [7, 11) is 0. The van der Waals surface area contributed by atoms with Gasteiger partial charge in [-0.1, -0.05) is 43.2 Å². The van der Waals surface area contributed by atoms with E-state index in [0.717, 1.165) is 30.6 Å². The first-order valence-electron chi connectivity index (χ1n) is 8.70. The van der Waals surface area contributed by atoms with Gasteiger partial charge in [0.2, 0.25) is 0 Å². The third kappa shape index (κ3) is 2.60. The summed E-state index contributed by atoms with van der Waals surface area (Å²) in [5, 5.41) is 2.52. The minimum absolute atomic E-state index is 0.287. The van der Waals surface area contributed by atoms with Gasteiger partial charge < -0.3 is 4.74 Å². The Morgan fingerprint density at radius 1 is 1.14 bits per heavy atom. The van der Waals surface area contributed by atoms with Crippen LogP contribution < -0.4 is 5.43 Å². The molecule has 2 saturated heterocycles. The molecule has 3 atom stereocenters. The quantitative estimate of drug-likeness (QED) is 0.903. The van der Waals surface area contributed by atoms with Crippen LogP contribution >= 0.6 is 11.8 Å². The lowest BCUT2D eigenvalue weighted by Crippen LogP contribution is -2.66. The maximum absolute atomic E-state index is 6.48. The average Bonchev–Trinajstić information content (AvgIpc) is 2.62. The predicted octanol–water partition coefficient (Wildman–Crippen LogP) is 3.37. The summed E-state index contributed by atoms with van der Waals surface area (Å²) < 4.78 is 6.48. The molecular formula is C18H26N2OS. The highest BCUT2D eigenvalue weighted by Gasteiger charge is 2.48. The first-order valence-corrected chi connectivity index (χ1v) is 9.86. The summed E-state index contributed by atoms with van der Waals surface area (Å²) in [5.41, 5.74) is 4.74. The third-order valence-electron chi connectivity index (χ3n) is 5.48. The van der Waals surface area contributed by atoms with Crippen LogP contribution in [0.15, 0.2) is 30.3 Å². The second-order valence-corrected chi connectivity index (χ2v) is 7.84. The van der Waals surface area contributed by atoms with E-state index in [1.807, 2.05) is 11.8 Å². The number of nitrogens with one attached hydrogen (secondary N) is 1. The average molecular weight is 318 g/mol. The van der Waals surface area contributed by atoms with Crippen LogP contribution in [-0.4, -0.2) is 35.7 Å². The molecule has 3 unspecified atom stereocenters. The van der Waals surface area contributed by atoms with Crippen molar-refractivity contribution < 1.29 is 4.74 Å². The van der Waals surface area contributed by atoms with Crippen molar-refractivity contribution in [3.63, 3.8) is 0 Å². The van der Waals surface area contributed by atoms with Gasteiger partial charge in [-0.15, -0.1) is 0 Å². The number of rotatable bonds is 2. The molecule has 1 aromatic carbocycles. The van der Waals surface area contributed by atoms with E-state index < -0.39 is 0 Å². The molecule has 4 heteroatoms. The van der Waals surface area contributed by atoms with Crippen LogP contribution in [0.2, 0.25) is 0 Å². The Labute approximate surface area is 137 Å². The van der Waals surface area contributed by atoms with Crippen LogP contribution in [-0.2, 0) is 10.5 Å². The summed E-state index contributed by atoms with van der Waals surface area (Å²) in [5.74, 6) is 2.97. The Bertz CT molecular complexity index is 487. The molecule has 3 fully saturated rings. The van der Waals surface area contributed by atoms with E-state index in [1.54, 1.807) is 0 Å². The Balaban J connectivity index is 1.70. The van der Waals surface area contributed by atoms with E-state index in [-0.39, 0.29) is 5.72 Å². The zero-order valence-corrected chi connectivity index (χ0v) is 14.0. The van der Waals surface area contributed by atoms with Gasteiger partial charge in [-0.3, -0.25) is 5.43 Å². The molecule has 4 rings (SSSR count). The van der Waals surface area contributed by atoms with Crippen molar-refractivity contribution in [2.24, 2.45) is 5.92 Å². The molecule has 1 N–H and O–H groups in total. The molecule has 0 amide bonds.